The van der Waals surface area contributed by atoms with E-state index in [1.807, 2.05) is 18.2 Å². The molecule has 0 atom stereocenters. The second-order valence-electron chi connectivity index (χ2n) is 6.69. The number of hydrogen-bond donors (Lipinski definition) is 3. The number of nitrogens with one attached hydrogen (secondary N) is 3. The van der Waals surface area contributed by atoms with Crippen molar-refractivity contribution in [2.24, 2.45) is 0 Å². The van der Waals surface area contributed by atoms with E-state index in [1.165, 1.54) is 10.9 Å². The monoisotopic (exact) mass is 408 g/mol. The molecule has 0 spiro atoms. The van der Waals surface area contributed by atoms with Gasteiger partial charge >= 0.3 is 0 Å². The van der Waals surface area contributed by atoms with Crippen LogP contribution in [0.15, 0.2) is 41.6 Å². The van der Waals surface area contributed by atoms with Gasteiger partial charge in [0.25, 0.3) is 5.56 Å². The number of rotatable bonds is 8. The van der Waals surface area contributed by atoms with Gasteiger partial charge < -0.3 is 16.0 Å². The van der Waals surface area contributed by atoms with E-state index in [0.717, 1.165) is 0 Å². The van der Waals surface area contributed by atoms with Crippen molar-refractivity contribution in [1.82, 2.24) is 29.8 Å². The third-order valence-electron chi connectivity index (χ3n) is 4.34. The van der Waals surface area contributed by atoms with E-state index in [4.69, 9.17) is 0 Å². The van der Waals surface area contributed by atoms with Gasteiger partial charge in [-0.2, -0.15) is 0 Å². The molecule has 3 N–H and O–H groups in total. The molecule has 0 bridgehead atoms. The van der Waals surface area contributed by atoms with Crippen molar-refractivity contribution in [3.63, 3.8) is 0 Å². The van der Waals surface area contributed by atoms with Crippen molar-refractivity contribution in [3.8, 4) is 0 Å². The predicted molar refractivity (Wildman–Crippen MR) is 114 cm³/mol. The maximum absolute atomic E-state index is 12.1. The fraction of sp³-hybridized carbons (Fsp3) is 0.300. The van der Waals surface area contributed by atoms with Crippen LogP contribution >= 0.6 is 0 Å². The zero-order valence-electron chi connectivity index (χ0n) is 17.1. The number of anilines is 3. The molecular formula is C20H24N8O2. The van der Waals surface area contributed by atoms with Gasteiger partial charge in [-0.1, -0.05) is 6.07 Å². The van der Waals surface area contributed by atoms with Crippen molar-refractivity contribution in [2.75, 3.05) is 23.7 Å². The van der Waals surface area contributed by atoms with Crippen molar-refractivity contribution >= 4 is 23.4 Å². The molecule has 30 heavy (non-hydrogen) atoms. The van der Waals surface area contributed by atoms with Gasteiger partial charge in [0.15, 0.2) is 0 Å². The molecule has 0 fully saturated rings. The smallest absolute Gasteiger partial charge is 0.256 e. The summed E-state index contributed by atoms with van der Waals surface area (Å²) in [6.45, 7) is 6.02. The van der Waals surface area contributed by atoms with Gasteiger partial charge in [0.2, 0.25) is 5.91 Å². The van der Waals surface area contributed by atoms with Gasteiger partial charge in [0.05, 0.1) is 6.33 Å². The number of amides is 1. The Labute approximate surface area is 173 Å². The molecule has 3 aromatic rings. The fourth-order valence-corrected chi connectivity index (χ4v) is 2.68. The molecule has 0 aliphatic rings. The van der Waals surface area contributed by atoms with Crippen molar-refractivity contribution in [1.29, 1.82) is 0 Å². The molecule has 0 radical (unpaired) electrons. The first-order valence-electron chi connectivity index (χ1n) is 9.49. The minimum Gasteiger partial charge on any atom is -0.368 e. The molecule has 0 aromatic carbocycles. The largest absolute Gasteiger partial charge is 0.368 e. The summed E-state index contributed by atoms with van der Waals surface area (Å²) in [6.07, 6.45) is 3.09. The van der Waals surface area contributed by atoms with Gasteiger partial charge in [-0.05, 0) is 32.9 Å². The van der Waals surface area contributed by atoms with Crippen LogP contribution in [0.1, 0.15) is 17.1 Å². The summed E-state index contributed by atoms with van der Waals surface area (Å²) in [5.41, 5.74) is 0.999. The third-order valence-corrected chi connectivity index (χ3v) is 4.34. The Hall–Kier alpha value is -3.82. The zero-order valence-corrected chi connectivity index (χ0v) is 17.1. The molecule has 3 aromatic heterocycles. The van der Waals surface area contributed by atoms with Crippen LogP contribution in [0.5, 0.6) is 0 Å². The second-order valence-corrected chi connectivity index (χ2v) is 6.69. The topological polar surface area (TPSA) is 127 Å². The molecule has 3 heterocycles. The number of aromatic nitrogens is 5. The Balaban J connectivity index is 1.50. The summed E-state index contributed by atoms with van der Waals surface area (Å²) < 4.78 is 1.30. The van der Waals surface area contributed by atoms with E-state index in [-0.39, 0.29) is 18.0 Å². The standard InChI is InChI=1S/C20H24N8O2/c1-13-14(2)24-12-28(20(13)30)11-19(29)23-9-8-22-17-10-18(26-15(3)25-17)27-16-6-4-5-7-21-16/h4-7,10,12H,8-9,11H2,1-3H3,(H,23,29)(H2,21,22,25,26,27). The Kier molecular flexibility index (Phi) is 6.68. The van der Waals surface area contributed by atoms with Gasteiger partial charge in [0.1, 0.15) is 29.8 Å². The molecule has 0 saturated heterocycles. The van der Waals surface area contributed by atoms with E-state index >= 15 is 0 Å². The number of carbonyl (C=O) groups excluding carboxylic acids is 1. The molecule has 3 rings (SSSR count). The summed E-state index contributed by atoms with van der Waals surface area (Å²) >= 11 is 0. The summed E-state index contributed by atoms with van der Waals surface area (Å²) in [5.74, 6) is 2.27. The average Bonchev–Trinajstić information content (AvgIpc) is 2.72. The van der Waals surface area contributed by atoms with Crippen LogP contribution in [0.2, 0.25) is 0 Å². The van der Waals surface area contributed by atoms with E-state index in [1.54, 1.807) is 33.0 Å². The SMILES string of the molecule is Cc1nc(NCCNC(=O)Cn2cnc(C)c(C)c2=O)cc(Nc2ccccn2)n1. The quantitative estimate of drug-likeness (QED) is 0.477. The molecule has 10 nitrogen and oxygen atoms in total. The van der Waals surface area contributed by atoms with Crippen LogP contribution in [-0.2, 0) is 11.3 Å². The highest BCUT2D eigenvalue weighted by atomic mass is 16.2. The van der Waals surface area contributed by atoms with Crippen molar-refractivity contribution < 1.29 is 4.79 Å². The van der Waals surface area contributed by atoms with Gasteiger partial charge in [-0.25, -0.2) is 19.9 Å². The number of aryl methyl sites for hydroxylation is 2. The third kappa shape index (κ3) is 5.60. The molecule has 0 aliphatic carbocycles. The molecule has 0 saturated carbocycles. The normalized spacial score (nSPS) is 10.5. The lowest BCUT2D eigenvalue weighted by molar-refractivity contribution is -0.121. The van der Waals surface area contributed by atoms with Gasteiger partial charge in [0, 0.05) is 36.6 Å². The first-order valence-corrected chi connectivity index (χ1v) is 9.49. The van der Waals surface area contributed by atoms with Crippen LogP contribution in [0.25, 0.3) is 0 Å². The molecule has 156 valence electrons. The number of hydrogen-bond acceptors (Lipinski definition) is 8. The zero-order chi connectivity index (χ0) is 21.5. The lowest BCUT2D eigenvalue weighted by Gasteiger charge is -2.11. The summed E-state index contributed by atoms with van der Waals surface area (Å²) in [4.78, 5) is 41.3. The molecular weight excluding hydrogens is 384 g/mol. The van der Waals surface area contributed by atoms with Gasteiger partial charge in [-0.15, -0.1) is 0 Å². The van der Waals surface area contributed by atoms with E-state index in [9.17, 15) is 9.59 Å². The summed E-state index contributed by atoms with van der Waals surface area (Å²) in [6, 6.07) is 7.33. The second kappa shape index (κ2) is 9.59. The fourth-order valence-electron chi connectivity index (χ4n) is 2.68. The minimum atomic E-state index is -0.264. The first kappa shape index (κ1) is 20.9. The van der Waals surface area contributed by atoms with Crippen LogP contribution in [0, 0.1) is 20.8 Å². The van der Waals surface area contributed by atoms with Gasteiger partial charge in [-0.3, -0.25) is 14.2 Å². The Morgan fingerprint density at radius 2 is 1.83 bits per heavy atom. The van der Waals surface area contributed by atoms with E-state index in [0.29, 0.717) is 47.6 Å². The maximum atomic E-state index is 12.1. The highest BCUT2D eigenvalue weighted by molar-refractivity contribution is 5.75. The number of pyridine rings is 1. The maximum Gasteiger partial charge on any atom is 0.256 e. The van der Waals surface area contributed by atoms with E-state index < -0.39 is 0 Å². The Morgan fingerprint density at radius 3 is 2.60 bits per heavy atom. The summed E-state index contributed by atoms with van der Waals surface area (Å²) in [5, 5.41) is 9.05. The van der Waals surface area contributed by atoms with E-state index in [2.05, 4.69) is 35.9 Å². The predicted octanol–water partition coefficient (Wildman–Crippen LogP) is 1.33. The Bertz CT molecular complexity index is 1080. The lowest BCUT2D eigenvalue weighted by Crippen LogP contribution is -2.35. The minimum absolute atomic E-state index is 0.0717. The van der Waals surface area contributed by atoms with Crippen LogP contribution in [0.3, 0.4) is 0 Å². The van der Waals surface area contributed by atoms with Crippen LogP contribution in [0.4, 0.5) is 17.5 Å². The average molecular weight is 408 g/mol. The molecule has 0 aliphatic heterocycles. The number of carbonyl (C=O) groups is 1. The highest BCUT2D eigenvalue weighted by Crippen LogP contribution is 2.15. The highest BCUT2D eigenvalue weighted by Gasteiger charge is 2.08. The summed E-state index contributed by atoms with van der Waals surface area (Å²) in [7, 11) is 0. The van der Waals surface area contributed by atoms with Crippen molar-refractivity contribution in [3.05, 3.63) is 64.2 Å². The number of nitrogens with zero attached hydrogens (tertiary/aromatic N) is 5. The molecule has 1 amide bonds. The van der Waals surface area contributed by atoms with Crippen LogP contribution < -0.4 is 21.5 Å². The van der Waals surface area contributed by atoms with Crippen molar-refractivity contribution in [2.45, 2.75) is 27.3 Å². The lowest BCUT2D eigenvalue weighted by atomic mass is 10.3. The van der Waals surface area contributed by atoms with Crippen LogP contribution in [-0.4, -0.2) is 43.5 Å². The molecule has 10 heteroatoms. The Morgan fingerprint density at radius 1 is 1.03 bits per heavy atom. The molecule has 0 unspecified atom stereocenters. The first-order chi connectivity index (χ1) is 14.4.